The van der Waals surface area contributed by atoms with Gasteiger partial charge in [0.1, 0.15) is 6.61 Å². The smallest absolute Gasteiger partial charge is 0.333 e. The Balaban J connectivity index is 0. The lowest BCUT2D eigenvalue weighted by atomic mass is 10.2. The van der Waals surface area contributed by atoms with Crippen molar-refractivity contribution in [2.24, 2.45) is 0 Å². The van der Waals surface area contributed by atoms with Crippen molar-refractivity contribution in [2.75, 3.05) is 19.8 Å². The number of aliphatic hydroxyl groups excluding tert-OH is 1. The van der Waals surface area contributed by atoms with Gasteiger partial charge in [-0.2, -0.15) is 0 Å². The summed E-state index contributed by atoms with van der Waals surface area (Å²) < 4.78 is 9.14. The van der Waals surface area contributed by atoms with Crippen LogP contribution in [0.5, 0.6) is 0 Å². The highest BCUT2D eigenvalue weighted by molar-refractivity contribution is 5.86. The zero-order chi connectivity index (χ0) is 20.2. The van der Waals surface area contributed by atoms with Crippen molar-refractivity contribution in [3.63, 3.8) is 0 Å². The Kier molecular flexibility index (Phi) is 18.4. The van der Waals surface area contributed by atoms with Crippen LogP contribution in [-0.4, -0.2) is 36.9 Å². The average Bonchev–Trinajstić information content (AvgIpc) is 2.67. The van der Waals surface area contributed by atoms with Crippen LogP contribution >= 0.6 is 0 Å². The molecule has 0 heterocycles. The van der Waals surface area contributed by atoms with Crippen LogP contribution in [0.1, 0.15) is 32.3 Å². The monoisotopic (exact) mass is 362 g/mol. The van der Waals surface area contributed by atoms with Crippen molar-refractivity contribution < 1.29 is 24.2 Å². The molecule has 0 atom stereocenters. The molecule has 0 bridgehead atoms. The third-order valence-electron chi connectivity index (χ3n) is 2.62. The van der Waals surface area contributed by atoms with E-state index >= 15 is 0 Å². The fraction of sp³-hybridized carbons (Fsp3) is 0.333. The van der Waals surface area contributed by atoms with Crippen molar-refractivity contribution in [2.45, 2.75) is 26.7 Å². The van der Waals surface area contributed by atoms with Crippen LogP contribution in [0.25, 0.3) is 6.08 Å². The summed E-state index contributed by atoms with van der Waals surface area (Å²) in [5, 5.41) is 8.19. The molecule has 0 fully saturated rings. The van der Waals surface area contributed by atoms with Gasteiger partial charge in [-0.1, -0.05) is 69.5 Å². The van der Waals surface area contributed by atoms with E-state index < -0.39 is 5.97 Å². The Morgan fingerprint density at radius 3 is 2.12 bits per heavy atom. The Morgan fingerprint density at radius 2 is 1.73 bits per heavy atom. The van der Waals surface area contributed by atoms with Gasteiger partial charge in [-0.25, -0.2) is 9.59 Å². The summed E-state index contributed by atoms with van der Waals surface area (Å²) in [6.45, 7) is 14.3. The lowest BCUT2D eigenvalue weighted by Crippen LogP contribution is -2.08. The molecule has 0 aromatic heterocycles. The maximum absolute atomic E-state index is 10.5. The van der Waals surface area contributed by atoms with E-state index in [1.165, 1.54) is 11.6 Å². The molecule has 0 radical (unpaired) electrons. The zero-order valence-electron chi connectivity index (χ0n) is 15.8. The van der Waals surface area contributed by atoms with E-state index in [0.717, 1.165) is 12.8 Å². The number of hydrogen-bond acceptors (Lipinski definition) is 5. The molecule has 0 saturated heterocycles. The van der Waals surface area contributed by atoms with Crippen LogP contribution in [0.4, 0.5) is 0 Å². The second-order valence-electron chi connectivity index (χ2n) is 4.98. The highest BCUT2D eigenvalue weighted by Gasteiger charge is 1.99. The zero-order valence-corrected chi connectivity index (χ0v) is 15.8. The van der Waals surface area contributed by atoms with Crippen molar-refractivity contribution in [1.29, 1.82) is 0 Å². The fourth-order valence-corrected chi connectivity index (χ4v) is 1.23. The van der Waals surface area contributed by atoms with Crippen molar-refractivity contribution in [3.8, 4) is 0 Å². The number of carbonyl (C=O) groups is 2. The molecule has 5 nitrogen and oxygen atoms in total. The highest BCUT2D eigenvalue weighted by atomic mass is 16.5. The van der Waals surface area contributed by atoms with Crippen molar-refractivity contribution in [3.05, 3.63) is 67.3 Å². The first-order valence-electron chi connectivity index (χ1n) is 8.33. The van der Waals surface area contributed by atoms with Crippen LogP contribution in [0.3, 0.4) is 0 Å². The molecule has 1 N–H and O–H groups in total. The van der Waals surface area contributed by atoms with Gasteiger partial charge in [-0.05, 0) is 18.9 Å². The van der Waals surface area contributed by atoms with Crippen molar-refractivity contribution in [1.82, 2.24) is 0 Å². The molecule has 0 spiro atoms. The van der Waals surface area contributed by atoms with Gasteiger partial charge in [0, 0.05) is 11.6 Å². The quantitative estimate of drug-likeness (QED) is 0.431. The van der Waals surface area contributed by atoms with E-state index in [4.69, 9.17) is 5.11 Å². The molecule has 144 valence electrons. The van der Waals surface area contributed by atoms with Crippen LogP contribution < -0.4 is 0 Å². The van der Waals surface area contributed by atoms with E-state index in [1.54, 1.807) is 6.92 Å². The maximum atomic E-state index is 10.5. The topological polar surface area (TPSA) is 72.8 Å². The van der Waals surface area contributed by atoms with E-state index in [2.05, 4.69) is 29.2 Å². The largest absolute Gasteiger partial charge is 0.463 e. The lowest BCUT2D eigenvalue weighted by molar-refractivity contribution is -0.140. The molecule has 1 rings (SSSR count). The Labute approximate surface area is 156 Å². The maximum Gasteiger partial charge on any atom is 0.333 e. The first-order chi connectivity index (χ1) is 12.4. The van der Waals surface area contributed by atoms with Gasteiger partial charge >= 0.3 is 11.9 Å². The van der Waals surface area contributed by atoms with Gasteiger partial charge < -0.3 is 14.6 Å². The number of carbonyl (C=O) groups excluding carboxylic acids is 2. The summed E-state index contributed by atoms with van der Waals surface area (Å²) in [6, 6.07) is 10.0. The standard InChI is InChI=1S/C8H8.C7H12O2.C6H10O3/c1-2-8-6-4-3-5-7-8;1-3-5-6-9-7(8)4-2;1-5(2)6(8)9-4-3-7/h2-7H,1H2;4H,2-3,5-6H2,1H3;7H,1,3-4H2,2H3. The third-order valence-corrected chi connectivity index (χ3v) is 2.62. The number of rotatable bonds is 8. The van der Waals surface area contributed by atoms with Crippen LogP contribution in [0.15, 0.2) is 61.7 Å². The molecule has 5 heteroatoms. The Hall–Kier alpha value is -2.66. The predicted molar refractivity (Wildman–Crippen MR) is 105 cm³/mol. The van der Waals surface area contributed by atoms with Crippen LogP contribution in [0, 0.1) is 0 Å². The number of esters is 2. The molecule has 0 saturated carbocycles. The van der Waals surface area contributed by atoms with E-state index in [1.807, 2.05) is 43.3 Å². The second kappa shape index (κ2) is 18.7. The molecule has 26 heavy (non-hydrogen) atoms. The number of unbranched alkanes of at least 4 members (excludes halogenated alkanes) is 1. The van der Waals surface area contributed by atoms with Crippen LogP contribution in [-0.2, 0) is 19.1 Å². The molecule has 0 amide bonds. The van der Waals surface area contributed by atoms with E-state index in [9.17, 15) is 9.59 Å². The summed E-state index contributed by atoms with van der Waals surface area (Å²) in [4.78, 5) is 20.8. The average molecular weight is 362 g/mol. The summed E-state index contributed by atoms with van der Waals surface area (Å²) in [7, 11) is 0. The number of hydrogen-bond donors (Lipinski definition) is 1. The Bertz CT molecular complexity index is 533. The number of ether oxygens (including phenoxy) is 2. The molecular weight excluding hydrogens is 332 g/mol. The highest BCUT2D eigenvalue weighted by Crippen LogP contribution is 1.97. The first-order valence-corrected chi connectivity index (χ1v) is 8.33. The van der Waals surface area contributed by atoms with Gasteiger partial charge in [0.2, 0.25) is 0 Å². The second-order valence-corrected chi connectivity index (χ2v) is 4.98. The molecule has 0 aliphatic carbocycles. The summed E-state index contributed by atoms with van der Waals surface area (Å²) >= 11 is 0. The number of benzene rings is 1. The molecule has 0 unspecified atom stereocenters. The molecule has 1 aromatic rings. The normalized spacial score (nSPS) is 8.58. The molecular formula is C21H30O5. The fourth-order valence-electron chi connectivity index (χ4n) is 1.23. The van der Waals surface area contributed by atoms with Gasteiger partial charge in [-0.3, -0.25) is 0 Å². The van der Waals surface area contributed by atoms with Gasteiger partial charge in [0.25, 0.3) is 0 Å². The SMILES string of the molecule is C=C(C)C(=O)OCCO.C=CC(=O)OCCCC.C=Cc1ccccc1. The lowest BCUT2D eigenvalue weighted by Gasteiger charge is -1.99. The summed E-state index contributed by atoms with van der Waals surface area (Å²) in [5.74, 6) is -0.785. The van der Waals surface area contributed by atoms with Gasteiger partial charge in [0.05, 0.1) is 13.2 Å². The van der Waals surface area contributed by atoms with E-state index in [0.29, 0.717) is 12.2 Å². The third kappa shape index (κ3) is 17.7. The predicted octanol–water partition coefficient (Wildman–Crippen LogP) is 3.94. The minimum atomic E-state index is -0.455. The molecule has 0 aliphatic heterocycles. The van der Waals surface area contributed by atoms with Crippen LogP contribution in [0.2, 0.25) is 0 Å². The summed E-state index contributed by atoms with van der Waals surface area (Å²) in [6.07, 6.45) is 4.99. The van der Waals surface area contributed by atoms with Crippen molar-refractivity contribution >= 4 is 18.0 Å². The molecule has 1 aromatic carbocycles. The van der Waals surface area contributed by atoms with Gasteiger partial charge in [0.15, 0.2) is 0 Å². The van der Waals surface area contributed by atoms with Gasteiger partial charge in [-0.15, -0.1) is 0 Å². The first kappa shape index (κ1) is 25.6. The number of aliphatic hydroxyl groups is 1. The molecule has 0 aliphatic rings. The summed E-state index contributed by atoms with van der Waals surface area (Å²) in [5.41, 5.74) is 1.52. The minimum absolute atomic E-state index is 0.0473. The Morgan fingerprint density at radius 1 is 1.12 bits per heavy atom. The van der Waals surface area contributed by atoms with E-state index in [-0.39, 0.29) is 19.2 Å². The minimum Gasteiger partial charge on any atom is -0.463 e.